The van der Waals surface area contributed by atoms with Crippen LogP contribution in [0.2, 0.25) is 5.02 Å². The van der Waals surface area contributed by atoms with E-state index in [-0.39, 0.29) is 37.5 Å². The lowest BCUT2D eigenvalue weighted by atomic mass is 10.00. The Bertz CT molecular complexity index is 1430. The quantitative estimate of drug-likeness (QED) is 0.245. The zero-order chi connectivity index (χ0) is 28.8. The van der Waals surface area contributed by atoms with Crippen LogP contribution < -0.4 is 20.1 Å². The molecule has 0 spiro atoms. The number of nitrogens with one attached hydrogen (secondary N) is 2. The highest BCUT2D eigenvalue weighted by molar-refractivity contribution is 6.31. The Morgan fingerprint density at radius 2 is 2.10 bits per heavy atom. The molecule has 1 saturated heterocycles. The normalized spacial score (nSPS) is 16.8. The Morgan fingerprint density at radius 3 is 2.83 bits per heavy atom. The van der Waals surface area contributed by atoms with E-state index >= 15 is 0 Å². The number of aliphatic hydroxyl groups is 1. The van der Waals surface area contributed by atoms with Gasteiger partial charge in [0.2, 0.25) is 5.91 Å². The van der Waals surface area contributed by atoms with Crippen molar-refractivity contribution < 1.29 is 33.0 Å². The Morgan fingerprint density at radius 1 is 1.30 bits per heavy atom. The highest BCUT2D eigenvalue weighted by atomic mass is 35.5. The van der Waals surface area contributed by atoms with E-state index in [0.717, 1.165) is 17.0 Å². The number of benzene rings is 2. The molecule has 0 bridgehead atoms. The highest BCUT2D eigenvalue weighted by Crippen LogP contribution is 2.37. The molecule has 1 aliphatic heterocycles. The largest absolute Gasteiger partial charge is 0.493 e. The zero-order valence-corrected chi connectivity index (χ0v) is 22.4. The van der Waals surface area contributed by atoms with Crippen molar-refractivity contribution in [3.63, 3.8) is 0 Å². The third-order valence-electron chi connectivity index (χ3n) is 6.40. The average molecular weight is 576 g/mol. The lowest BCUT2D eigenvalue weighted by Crippen LogP contribution is -2.53. The number of carbonyl (C=O) groups excluding carboxylic acids is 2. The molecule has 0 unspecified atom stereocenters. The molecule has 0 radical (unpaired) electrons. The van der Waals surface area contributed by atoms with E-state index in [9.17, 15) is 18.4 Å². The highest BCUT2D eigenvalue weighted by Gasteiger charge is 2.33. The predicted octanol–water partition coefficient (Wildman–Crippen LogP) is 3.74. The van der Waals surface area contributed by atoms with Gasteiger partial charge in [0.1, 0.15) is 29.1 Å². The van der Waals surface area contributed by atoms with Crippen molar-refractivity contribution in [2.24, 2.45) is 0 Å². The van der Waals surface area contributed by atoms with Gasteiger partial charge in [-0.05, 0) is 43.7 Å². The second kappa shape index (κ2) is 13.0. The van der Waals surface area contributed by atoms with Crippen LogP contribution in [0.25, 0.3) is 10.9 Å². The van der Waals surface area contributed by atoms with Crippen LogP contribution in [0.15, 0.2) is 43.2 Å². The van der Waals surface area contributed by atoms with Gasteiger partial charge >= 0.3 is 0 Å². The summed E-state index contributed by atoms with van der Waals surface area (Å²) in [6.07, 6.45) is 2.99. The summed E-state index contributed by atoms with van der Waals surface area (Å²) in [6, 6.07) is 4.82. The maximum atomic E-state index is 14.6. The lowest BCUT2D eigenvalue weighted by molar-refractivity contribution is -0.144. The summed E-state index contributed by atoms with van der Waals surface area (Å²) in [4.78, 5) is 34.9. The fourth-order valence-electron chi connectivity index (χ4n) is 4.38. The van der Waals surface area contributed by atoms with Crippen LogP contribution in [0.5, 0.6) is 11.5 Å². The first-order chi connectivity index (χ1) is 19.3. The van der Waals surface area contributed by atoms with Crippen LogP contribution in [0.3, 0.4) is 0 Å². The summed E-state index contributed by atoms with van der Waals surface area (Å²) in [5.41, 5.74) is 0.389. The van der Waals surface area contributed by atoms with Crippen molar-refractivity contribution in [2.45, 2.75) is 31.4 Å². The fraction of sp³-hybridized carbons (Fsp3) is 0.333. The van der Waals surface area contributed by atoms with Crippen molar-refractivity contribution in [3.8, 4) is 11.5 Å². The number of imide groups is 1. The van der Waals surface area contributed by atoms with Crippen molar-refractivity contribution in [2.75, 3.05) is 32.1 Å². The number of halogens is 3. The van der Waals surface area contributed by atoms with Gasteiger partial charge in [-0.1, -0.05) is 18.2 Å². The average Bonchev–Trinajstić information content (AvgIpc) is 2.97. The molecule has 1 aliphatic rings. The first-order valence-corrected chi connectivity index (χ1v) is 12.9. The number of carbonyl (C=O) groups is 2. The van der Waals surface area contributed by atoms with Gasteiger partial charge in [-0.2, -0.15) is 0 Å². The van der Waals surface area contributed by atoms with Crippen LogP contribution in [-0.2, 0) is 9.59 Å². The van der Waals surface area contributed by atoms with Gasteiger partial charge in [0.15, 0.2) is 17.3 Å². The molecule has 2 aromatic carbocycles. The third kappa shape index (κ3) is 6.30. The standard InChI is InChI=1S/C27H28ClF2N5O5/c1-3-23(37)35(9-4-10-36)27(38)20-11-15(7-8-31-20)40-22-12-16-19(13-21(22)39-2)32-14-33-26(16)34-18-6-5-17(29)24(28)25(18)30/h3,5-6,12-15,20,31,36H,1,4,7-11H2,2H3,(H,32,33,34)/t15-,20-/m0/s1. The van der Waals surface area contributed by atoms with Crippen LogP contribution in [-0.4, -0.2) is 70.7 Å². The molecular formula is C27H28ClF2N5O5. The summed E-state index contributed by atoms with van der Waals surface area (Å²) >= 11 is 5.72. The molecule has 4 rings (SSSR count). The predicted molar refractivity (Wildman–Crippen MR) is 145 cm³/mol. The molecular weight excluding hydrogens is 548 g/mol. The second-order valence-corrected chi connectivity index (χ2v) is 9.35. The van der Waals surface area contributed by atoms with E-state index in [0.29, 0.717) is 35.4 Å². The van der Waals surface area contributed by atoms with Gasteiger partial charge in [0.25, 0.3) is 5.91 Å². The van der Waals surface area contributed by atoms with Gasteiger partial charge in [-0.25, -0.2) is 18.7 Å². The topological polar surface area (TPSA) is 126 Å². The molecule has 2 amide bonds. The number of ether oxygens (including phenoxy) is 2. The number of aromatic nitrogens is 2. The number of piperidine rings is 1. The Balaban J connectivity index is 1.59. The van der Waals surface area contributed by atoms with Crippen molar-refractivity contribution >= 4 is 45.8 Å². The number of anilines is 2. The lowest BCUT2D eigenvalue weighted by Gasteiger charge is -2.33. The van der Waals surface area contributed by atoms with E-state index in [1.165, 1.54) is 19.5 Å². The van der Waals surface area contributed by atoms with Crippen LogP contribution >= 0.6 is 11.6 Å². The molecule has 1 fully saturated rings. The maximum absolute atomic E-state index is 14.6. The summed E-state index contributed by atoms with van der Waals surface area (Å²) < 4.78 is 40.0. The number of methoxy groups -OCH3 is 1. The van der Waals surface area contributed by atoms with Crippen LogP contribution in [0.1, 0.15) is 19.3 Å². The molecule has 0 saturated carbocycles. The molecule has 13 heteroatoms. The van der Waals surface area contributed by atoms with Crippen molar-refractivity contribution in [1.29, 1.82) is 0 Å². The summed E-state index contributed by atoms with van der Waals surface area (Å²) in [7, 11) is 1.47. The van der Waals surface area contributed by atoms with Crippen LogP contribution in [0.4, 0.5) is 20.3 Å². The smallest absolute Gasteiger partial charge is 0.252 e. The Kier molecular flexibility index (Phi) is 9.46. The zero-order valence-electron chi connectivity index (χ0n) is 21.6. The van der Waals surface area contributed by atoms with Gasteiger partial charge in [0, 0.05) is 31.0 Å². The van der Waals surface area contributed by atoms with Gasteiger partial charge in [0.05, 0.1) is 24.4 Å². The van der Waals surface area contributed by atoms with Crippen molar-refractivity contribution in [1.82, 2.24) is 20.2 Å². The summed E-state index contributed by atoms with van der Waals surface area (Å²) in [6.45, 7) is 3.81. The molecule has 212 valence electrons. The second-order valence-electron chi connectivity index (χ2n) is 8.97. The summed E-state index contributed by atoms with van der Waals surface area (Å²) in [5, 5.41) is 14.9. The fourth-order valence-corrected chi connectivity index (χ4v) is 4.54. The van der Waals surface area contributed by atoms with Crippen molar-refractivity contribution in [3.05, 3.63) is 59.9 Å². The number of nitrogens with zero attached hydrogens (tertiary/aromatic N) is 3. The molecule has 40 heavy (non-hydrogen) atoms. The number of amides is 2. The van der Waals surface area contributed by atoms with E-state index in [2.05, 4.69) is 27.2 Å². The van der Waals surface area contributed by atoms with Crippen LogP contribution in [0, 0.1) is 11.6 Å². The minimum Gasteiger partial charge on any atom is -0.493 e. The number of hydrogen-bond acceptors (Lipinski definition) is 9. The molecule has 1 aromatic heterocycles. The monoisotopic (exact) mass is 575 g/mol. The Hall–Kier alpha value is -3.87. The third-order valence-corrected chi connectivity index (χ3v) is 6.75. The SMILES string of the molecule is C=CC(=O)N(CCCO)C(=O)[C@@H]1C[C@@H](Oc2cc3c(Nc4ccc(F)c(Cl)c4F)ncnc3cc2OC)CCN1. The van der Waals surface area contributed by atoms with Gasteiger partial charge < -0.3 is 25.2 Å². The first-order valence-electron chi connectivity index (χ1n) is 12.5. The van der Waals surface area contributed by atoms with Gasteiger partial charge in [-0.15, -0.1) is 0 Å². The molecule has 10 nitrogen and oxygen atoms in total. The van der Waals surface area contributed by atoms with E-state index in [1.54, 1.807) is 12.1 Å². The molecule has 0 aliphatic carbocycles. The number of rotatable bonds is 10. The maximum Gasteiger partial charge on any atom is 0.252 e. The molecule has 3 aromatic rings. The van der Waals surface area contributed by atoms with E-state index in [4.69, 9.17) is 26.2 Å². The minimum absolute atomic E-state index is 0.0675. The van der Waals surface area contributed by atoms with E-state index in [1.807, 2.05) is 0 Å². The number of fused-ring (bicyclic) bond motifs is 1. The minimum atomic E-state index is -0.966. The summed E-state index contributed by atoms with van der Waals surface area (Å²) in [5.74, 6) is -1.90. The Labute approximate surface area is 233 Å². The molecule has 2 heterocycles. The van der Waals surface area contributed by atoms with Gasteiger partial charge in [-0.3, -0.25) is 14.5 Å². The molecule has 3 N–H and O–H groups in total. The molecule has 2 atom stereocenters. The number of hydrogen-bond donors (Lipinski definition) is 3. The first kappa shape index (κ1) is 29.1. The van der Waals surface area contributed by atoms with E-state index < -0.39 is 40.6 Å². The number of aliphatic hydroxyl groups excluding tert-OH is 1.